The van der Waals surface area contributed by atoms with Crippen LogP contribution >= 0.6 is 0 Å². The summed E-state index contributed by atoms with van der Waals surface area (Å²) in [5, 5.41) is 12.3. The van der Waals surface area contributed by atoms with Crippen LogP contribution in [-0.4, -0.2) is 28.0 Å². The average Bonchev–Trinajstić information content (AvgIpc) is 2.42. The van der Waals surface area contributed by atoms with Crippen LogP contribution in [0.25, 0.3) is 10.9 Å². The molecule has 1 atom stereocenters. The Morgan fingerprint density at radius 2 is 1.95 bits per heavy atom. The number of carboxylic acid groups (broad SMARTS) is 1. The number of hydrogen-bond acceptors (Lipinski definition) is 3. The molecule has 1 amide bonds. The van der Waals surface area contributed by atoms with Crippen LogP contribution in [-0.2, 0) is 4.79 Å². The predicted molar refractivity (Wildman–Crippen MR) is 80.2 cm³/mol. The van der Waals surface area contributed by atoms with Gasteiger partial charge in [-0.05, 0) is 31.0 Å². The lowest BCUT2D eigenvalue weighted by atomic mass is 10.0. The van der Waals surface area contributed by atoms with Crippen molar-refractivity contribution in [3.8, 4) is 0 Å². The molecular weight excluding hydrogens is 287 g/mol. The van der Waals surface area contributed by atoms with E-state index in [2.05, 4.69) is 10.3 Å². The van der Waals surface area contributed by atoms with E-state index in [1.807, 2.05) is 0 Å². The number of halogens is 1. The third-order valence-electron chi connectivity index (χ3n) is 3.43. The number of carboxylic acids is 1. The van der Waals surface area contributed by atoms with Crippen LogP contribution in [0.15, 0.2) is 24.3 Å². The minimum Gasteiger partial charge on any atom is -0.480 e. The average molecular weight is 304 g/mol. The minimum atomic E-state index is -1.09. The minimum absolute atomic E-state index is 0.246. The lowest BCUT2D eigenvalue weighted by Gasteiger charge is -2.18. The molecule has 0 spiro atoms. The summed E-state index contributed by atoms with van der Waals surface area (Å²) in [5.74, 6) is -2.24. The molecule has 6 heteroatoms. The van der Waals surface area contributed by atoms with Crippen LogP contribution in [0.2, 0.25) is 0 Å². The first-order valence-corrected chi connectivity index (χ1v) is 6.90. The molecule has 22 heavy (non-hydrogen) atoms. The summed E-state index contributed by atoms with van der Waals surface area (Å²) in [6.07, 6.45) is 0. The first kappa shape index (κ1) is 15.9. The fraction of sp³-hybridized carbons (Fsp3) is 0.312. The maximum absolute atomic E-state index is 13.2. The van der Waals surface area contributed by atoms with E-state index in [4.69, 9.17) is 5.11 Å². The van der Waals surface area contributed by atoms with Crippen LogP contribution in [0.5, 0.6) is 0 Å². The summed E-state index contributed by atoms with van der Waals surface area (Å²) >= 11 is 0. The van der Waals surface area contributed by atoms with E-state index in [1.165, 1.54) is 18.2 Å². The first-order chi connectivity index (χ1) is 10.3. The molecule has 0 aliphatic carbocycles. The molecule has 2 N–H and O–H groups in total. The molecule has 1 aromatic heterocycles. The molecule has 0 fully saturated rings. The Morgan fingerprint density at radius 3 is 2.55 bits per heavy atom. The number of hydrogen-bond donors (Lipinski definition) is 2. The highest BCUT2D eigenvalue weighted by atomic mass is 19.1. The largest absolute Gasteiger partial charge is 0.480 e. The quantitative estimate of drug-likeness (QED) is 0.909. The van der Waals surface area contributed by atoms with E-state index in [1.54, 1.807) is 26.8 Å². The first-order valence-electron chi connectivity index (χ1n) is 6.90. The van der Waals surface area contributed by atoms with Crippen molar-refractivity contribution in [3.05, 3.63) is 41.3 Å². The Kier molecular flexibility index (Phi) is 4.40. The number of rotatable bonds is 4. The highest BCUT2D eigenvalue weighted by Gasteiger charge is 2.25. The third kappa shape index (κ3) is 3.21. The fourth-order valence-corrected chi connectivity index (χ4v) is 2.20. The van der Waals surface area contributed by atoms with Gasteiger partial charge >= 0.3 is 5.97 Å². The number of fused-ring (bicyclic) bond motifs is 1. The Bertz CT molecular complexity index is 743. The van der Waals surface area contributed by atoms with Gasteiger partial charge in [0.05, 0.1) is 16.8 Å². The van der Waals surface area contributed by atoms with Gasteiger partial charge in [-0.25, -0.2) is 9.18 Å². The van der Waals surface area contributed by atoms with Crippen molar-refractivity contribution in [1.82, 2.24) is 10.3 Å². The summed E-state index contributed by atoms with van der Waals surface area (Å²) in [7, 11) is 0. The molecule has 0 radical (unpaired) electrons. The highest BCUT2D eigenvalue weighted by Crippen LogP contribution is 2.18. The van der Waals surface area contributed by atoms with Crippen molar-refractivity contribution < 1.29 is 19.1 Å². The number of pyridine rings is 1. The lowest BCUT2D eigenvalue weighted by molar-refractivity contribution is -0.140. The van der Waals surface area contributed by atoms with E-state index in [0.29, 0.717) is 16.6 Å². The summed E-state index contributed by atoms with van der Waals surface area (Å²) in [6, 6.07) is 4.72. The molecular formula is C16H17FN2O3. The molecule has 5 nitrogen and oxygen atoms in total. The number of benzene rings is 1. The number of nitrogens with one attached hydrogen (secondary N) is 1. The van der Waals surface area contributed by atoms with E-state index in [9.17, 15) is 14.0 Å². The van der Waals surface area contributed by atoms with E-state index in [-0.39, 0.29) is 11.5 Å². The molecule has 0 aliphatic rings. The Balaban J connectivity index is 2.37. The molecule has 2 aromatic rings. The normalized spacial score (nSPS) is 12.4. The summed E-state index contributed by atoms with van der Waals surface area (Å²) < 4.78 is 13.2. The van der Waals surface area contributed by atoms with Gasteiger partial charge in [-0.1, -0.05) is 13.8 Å². The Morgan fingerprint density at radius 1 is 1.27 bits per heavy atom. The maximum atomic E-state index is 13.2. The van der Waals surface area contributed by atoms with Crippen LogP contribution in [0.3, 0.4) is 0 Å². The third-order valence-corrected chi connectivity index (χ3v) is 3.43. The second kappa shape index (κ2) is 6.09. The van der Waals surface area contributed by atoms with Crippen molar-refractivity contribution in [2.24, 2.45) is 5.92 Å². The second-order valence-electron chi connectivity index (χ2n) is 5.49. The summed E-state index contributed by atoms with van der Waals surface area (Å²) in [5.41, 5.74) is 1.15. The van der Waals surface area contributed by atoms with Crippen LogP contribution in [0.1, 0.15) is 29.9 Å². The van der Waals surface area contributed by atoms with Gasteiger partial charge in [0.25, 0.3) is 5.91 Å². The number of nitrogens with zero attached hydrogens (tertiary/aromatic N) is 1. The van der Waals surface area contributed by atoms with Crippen LogP contribution in [0.4, 0.5) is 4.39 Å². The number of carbonyl (C=O) groups is 2. The van der Waals surface area contributed by atoms with Crippen molar-refractivity contribution >= 4 is 22.8 Å². The number of aromatic nitrogens is 1. The zero-order valence-corrected chi connectivity index (χ0v) is 12.6. The van der Waals surface area contributed by atoms with Gasteiger partial charge in [0.15, 0.2) is 0 Å². The van der Waals surface area contributed by atoms with Crippen molar-refractivity contribution in [2.45, 2.75) is 26.8 Å². The van der Waals surface area contributed by atoms with Crippen LogP contribution in [0, 0.1) is 18.7 Å². The summed E-state index contributed by atoms with van der Waals surface area (Å²) in [4.78, 5) is 27.7. The van der Waals surface area contributed by atoms with Gasteiger partial charge in [-0.15, -0.1) is 0 Å². The fourth-order valence-electron chi connectivity index (χ4n) is 2.20. The van der Waals surface area contributed by atoms with Crippen LogP contribution < -0.4 is 5.32 Å². The molecule has 2 rings (SSSR count). The summed E-state index contributed by atoms with van der Waals surface area (Å²) in [6.45, 7) is 5.06. The van der Waals surface area contributed by atoms with E-state index in [0.717, 1.165) is 0 Å². The lowest BCUT2D eigenvalue weighted by Crippen LogP contribution is -2.44. The molecule has 0 saturated heterocycles. The number of aliphatic carboxylic acids is 1. The predicted octanol–water partition coefficient (Wildman–Crippen LogP) is 2.52. The molecule has 0 unspecified atom stereocenters. The Hall–Kier alpha value is -2.50. The molecule has 0 aliphatic heterocycles. The standard InChI is InChI=1S/C16H17FN2O3/c1-8(2)14(16(21)22)19-15(20)12-6-10-4-5-11(17)7-13(10)18-9(12)3/h4-8,14H,1-3H3,(H,19,20)(H,21,22)/t14-/m0/s1. The SMILES string of the molecule is Cc1nc2cc(F)ccc2cc1C(=O)N[C@H](C(=O)O)C(C)C. The Labute approximate surface area is 127 Å². The van der Waals surface area contributed by atoms with E-state index >= 15 is 0 Å². The smallest absolute Gasteiger partial charge is 0.326 e. The number of carbonyl (C=O) groups excluding carboxylic acids is 1. The number of amides is 1. The van der Waals surface area contributed by atoms with Gasteiger partial charge in [0, 0.05) is 11.5 Å². The zero-order chi connectivity index (χ0) is 16.4. The van der Waals surface area contributed by atoms with Crippen molar-refractivity contribution in [3.63, 3.8) is 0 Å². The van der Waals surface area contributed by atoms with Gasteiger partial charge in [0.1, 0.15) is 11.9 Å². The molecule has 0 bridgehead atoms. The molecule has 0 saturated carbocycles. The van der Waals surface area contributed by atoms with Gasteiger partial charge in [0.2, 0.25) is 0 Å². The second-order valence-corrected chi connectivity index (χ2v) is 5.49. The zero-order valence-electron chi connectivity index (χ0n) is 12.6. The molecule has 1 heterocycles. The molecule has 1 aromatic carbocycles. The van der Waals surface area contributed by atoms with Crippen molar-refractivity contribution in [1.29, 1.82) is 0 Å². The highest BCUT2D eigenvalue weighted by molar-refractivity contribution is 6.00. The topological polar surface area (TPSA) is 79.3 Å². The van der Waals surface area contributed by atoms with Gasteiger partial charge in [-0.2, -0.15) is 0 Å². The molecule has 116 valence electrons. The maximum Gasteiger partial charge on any atom is 0.326 e. The van der Waals surface area contributed by atoms with Gasteiger partial charge in [-0.3, -0.25) is 9.78 Å². The van der Waals surface area contributed by atoms with Gasteiger partial charge < -0.3 is 10.4 Å². The monoisotopic (exact) mass is 304 g/mol. The van der Waals surface area contributed by atoms with E-state index < -0.39 is 23.7 Å². The number of aryl methyl sites for hydroxylation is 1. The van der Waals surface area contributed by atoms with Crippen molar-refractivity contribution in [2.75, 3.05) is 0 Å².